The van der Waals surface area contributed by atoms with Crippen LogP contribution in [0.3, 0.4) is 0 Å². The lowest BCUT2D eigenvalue weighted by Crippen LogP contribution is -2.01. The van der Waals surface area contributed by atoms with Gasteiger partial charge in [-0.05, 0) is 49.2 Å². The van der Waals surface area contributed by atoms with Crippen LogP contribution in [0.1, 0.15) is 29.7 Å². The Balaban J connectivity index is 2.48. The topological polar surface area (TPSA) is 25.8 Å². The van der Waals surface area contributed by atoms with Gasteiger partial charge in [-0.3, -0.25) is 9.97 Å². The molecular formula is C15H17IN2. The van der Waals surface area contributed by atoms with Crippen LogP contribution in [0, 0.1) is 13.8 Å². The molecule has 3 heteroatoms. The van der Waals surface area contributed by atoms with Crippen LogP contribution >= 0.6 is 22.6 Å². The van der Waals surface area contributed by atoms with E-state index in [1.165, 1.54) is 11.1 Å². The van der Waals surface area contributed by atoms with E-state index in [0.29, 0.717) is 5.92 Å². The molecule has 2 aromatic heterocycles. The summed E-state index contributed by atoms with van der Waals surface area (Å²) in [4.78, 5) is 9.16. The summed E-state index contributed by atoms with van der Waals surface area (Å²) in [5.41, 5.74) is 5.55. The van der Waals surface area contributed by atoms with Gasteiger partial charge in [0, 0.05) is 22.2 Å². The van der Waals surface area contributed by atoms with Crippen LogP contribution in [0.4, 0.5) is 0 Å². The van der Waals surface area contributed by atoms with Gasteiger partial charge in [0.15, 0.2) is 0 Å². The fourth-order valence-electron chi connectivity index (χ4n) is 1.83. The Hall–Kier alpha value is -0.970. The molecule has 0 bridgehead atoms. The van der Waals surface area contributed by atoms with Gasteiger partial charge in [-0.25, -0.2) is 0 Å². The molecule has 0 saturated carbocycles. The molecule has 0 aromatic carbocycles. The smallest absolute Gasteiger partial charge is 0.0892 e. The first-order valence-corrected chi connectivity index (χ1v) is 7.60. The Labute approximate surface area is 122 Å². The van der Waals surface area contributed by atoms with Crippen molar-refractivity contribution in [1.29, 1.82) is 0 Å². The zero-order chi connectivity index (χ0) is 13.1. The lowest BCUT2D eigenvalue weighted by molar-refractivity contribution is 0.845. The second kappa shape index (κ2) is 5.78. The van der Waals surface area contributed by atoms with Crippen molar-refractivity contribution in [1.82, 2.24) is 9.97 Å². The highest BCUT2D eigenvalue weighted by Crippen LogP contribution is 2.22. The lowest BCUT2D eigenvalue weighted by Gasteiger charge is -2.11. The molecule has 0 N–H and O–H groups in total. The fourth-order valence-corrected chi connectivity index (χ4v) is 2.28. The van der Waals surface area contributed by atoms with Crippen molar-refractivity contribution in [3.8, 4) is 11.4 Å². The van der Waals surface area contributed by atoms with Gasteiger partial charge in [0.25, 0.3) is 0 Å². The Bertz CT molecular complexity index is 552. The molecular weight excluding hydrogens is 335 g/mol. The van der Waals surface area contributed by atoms with Crippen LogP contribution in [0.15, 0.2) is 30.5 Å². The first-order chi connectivity index (χ1) is 8.60. The highest BCUT2D eigenvalue weighted by molar-refractivity contribution is 14.1. The van der Waals surface area contributed by atoms with E-state index < -0.39 is 0 Å². The summed E-state index contributed by atoms with van der Waals surface area (Å²) in [6.45, 7) is 6.40. The largest absolute Gasteiger partial charge is 0.255 e. The second-order valence-electron chi connectivity index (χ2n) is 4.73. The Morgan fingerprint density at radius 1 is 1.11 bits per heavy atom. The standard InChI is InChI=1S/C15H17IN2/c1-10-4-5-17-14(6-10)15-8-11(2)7-13(18-15)12(3)9-16/h4-8,12H,9H2,1-3H3. The SMILES string of the molecule is Cc1ccnc(-c2cc(C)cc(C(C)CI)n2)c1. The number of rotatable bonds is 3. The van der Waals surface area contributed by atoms with Crippen molar-refractivity contribution in [2.24, 2.45) is 0 Å². The van der Waals surface area contributed by atoms with Gasteiger partial charge in [-0.1, -0.05) is 29.5 Å². The average molecular weight is 352 g/mol. The zero-order valence-corrected chi connectivity index (χ0v) is 13.1. The van der Waals surface area contributed by atoms with Gasteiger partial charge >= 0.3 is 0 Å². The van der Waals surface area contributed by atoms with E-state index in [-0.39, 0.29) is 0 Å². The Kier molecular flexibility index (Phi) is 4.32. The summed E-state index contributed by atoms with van der Waals surface area (Å²) >= 11 is 2.40. The molecule has 18 heavy (non-hydrogen) atoms. The number of nitrogens with zero attached hydrogens (tertiary/aromatic N) is 2. The minimum absolute atomic E-state index is 0.481. The molecule has 0 radical (unpaired) electrons. The highest BCUT2D eigenvalue weighted by atomic mass is 127. The van der Waals surface area contributed by atoms with Crippen molar-refractivity contribution in [3.63, 3.8) is 0 Å². The molecule has 0 spiro atoms. The van der Waals surface area contributed by atoms with E-state index in [2.05, 4.69) is 66.5 Å². The Morgan fingerprint density at radius 2 is 1.83 bits per heavy atom. The van der Waals surface area contributed by atoms with E-state index in [1.807, 2.05) is 12.3 Å². The van der Waals surface area contributed by atoms with Crippen LogP contribution in [0.2, 0.25) is 0 Å². The van der Waals surface area contributed by atoms with Crippen molar-refractivity contribution >= 4 is 22.6 Å². The molecule has 2 heterocycles. The number of aryl methyl sites for hydroxylation is 2. The van der Waals surface area contributed by atoms with Crippen LogP contribution in [0.25, 0.3) is 11.4 Å². The number of aromatic nitrogens is 2. The molecule has 2 rings (SSSR count). The van der Waals surface area contributed by atoms with E-state index in [1.54, 1.807) is 0 Å². The maximum Gasteiger partial charge on any atom is 0.0892 e. The van der Waals surface area contributed by atoms with Crippen molar-refractivity contribution in [3.05, 3.63) is 47.3 Å². The molecule has 0 saturated heterocycles. The van der Waals surface area contributed by atoms with Crippen LogP contribution in [-0.4, -0.2) is 14.4 Å². The average Bonchev–Trinajstić information content (AvgIpc) is 2.37. The van der Waals surface area contributed by atoms with Crippen molar-refractivity contribution in [2.75, 3.05) is 4.43 Å². The summed E-state index contributed by atoms with van der Waals surface area (Å²) in [5, 5.41) is 0. The first kappa shape index (κ1) is 13.5. The van der Waals surface area contributed by atoms with Crippen molar-refractivity contribution < 1.29 is 0 Å². The van der Waals surface area contributed by atoms with E-state index in [0.717, 1.165) is 21.5 Å². The minimum Gasteiger partial charge on any atom is -0.255 e. The quantitative estimate of drug-likeness (QED) is 0.608. The molecule has 94 valence electrons. The van der Waals surface area contributed by atoms with E-state index in [4.69, 9.17) is 4.98 Å². The summed E-state index contributed by atoms with van der Waals surface area (Å²) in [6.07, 6.45) is 1.84. The molecule has 2 nitrogen and oxygen atoms in total. The molecule has 0 fully saturated rings. The number of pyridine rings is 2. The van der Waals surface area contributed by atoms with Gasteiger partial charge < -0.3 is 0 Å². The van der Waals surface area contributed by atoms with Gasteiger partial charge in [0.2, 0.25) is 0 Å². The van der Waals surface area contributed by atoms with Crippen LogP contribution in [0.5, 0.6) is 0 Å². The second-order valence-corrected chi connectivity index (χ2v) is 5.61. The number of halogens is 1. The number of hydrogen-bond acceptors (Lipinski definition) is 2. The predicted molar refractivity (Wildman–Crippen MR) is 84.2 cm³/mol. The third-order valence-electron chi connectivity index (χ3n) is 2.90. The molecule has 0 aliphatic heterocycles. The van der Waals surface area contributed by atoms with Crippen LogP contribution < -0.4 is 0 Å². The van der Waals surface area contributed by atoms with Gasteiger partial charge in [-0.2, -0.15) is 0 Å². The normalized spacial score (nSPS) is 12.4. The predicted octanol–water partition coefficient (Wildman–Crippen LogP) is 4.30. The molecule has 0 aliphatic rings. The van der Waals surface area contributed by atoms with Gasteiger partial charge in [0.1, 0.15) is 0 Å². The monoisotopic (exact) mass is 352 g/mol. The zero-order valence-electron chi connectivity index (χ0n) is 10.9. The maximum absolute atomic E-state index is 4.75. The van der Waals surface area contributed by atoms with E-state index >= 15 is 0 Å². The van der Waals surface area contributed by atoms with Crippen LogP contribution in [-0.2, 0) is 0 Å². The minimum atomic E-state index is 0.481. The summed E-state index contributed by atoms with van der Waals surface area (Å²) in [7, 11) is 0. The van der Waals surface area contributed by atoms with E-state index in [9.17, 15) is 0 Å². The van der Waals surface area contributed by atoms with Gasteiger partial charge in [0.05, 0.1) is 11.4 Å². The maximum atomic E-state index is 4.75. The first-order valence-electron chi connectivity index (χ1n) is 6.07. The molecule has 0 aliphatic carbocycles. The van der Waals surface area contributed by atoms with Gasteiger partial charge in [-0.15, -0.1) is 0 Å². The highest BCUT2D eigenvalue weighted by Gasteiger charge is 2.09. The number of alkyl halides is 1. The lowest BCUT2D eigenvalue weighted by atomic mass is 10.1. The third kappa shape index (κ3) is 3.07. The fraction of sp³-hybridized carbons (Fsp3) is 0.333. The molecule has 1 unspecified atom stereocenters. The summed E-state index contributed by atoms with van der Waals surface area (Å²) in [5.74, 6) is 0.481. The summed E-state index contributed by atoms with van der Waals surface area (Å²) < 4.78 is 1.08. The van der Waals surface area contributed by atoms with Crippen molar-refractivity contribution in [2.45, 2.75) is 26.7 Å². The summed E-state index contributed by atoms with van der Waals surface area (Å²) in [6, 6.07) is 8.36. The number of hydrogen-bond donors (Lipinski definition) is 0. The Morgan fingerprint density at radius 3 is 2.50 bits per heavy atom. The molecule has 1 atom stereocenters. The molecule has 0 amide bonds. The third-order valence-corrected chi connectivity index (χ3v) is 4.22. The molecule has 2 aromatic rings.